The number of anilines is 1. The van der Waals surface area contributed by atoms with E-state index in [9.17, 15) is 24.0 Å². The van der Waals surface area contributed by atoms with Crippen LogP contribution in [0.2, 0.25) is 0 Å². The number of benzene rings is 3. The highest BCUT2D eigenvalue weighted by atomic mass is 16.4. The van der Waals surface area contributed by atoms with Gasteiger partial charge >= 0.3 is 5.97 Å². The van der Waals surface area contributed by atoms with Crippen LogP contribution in [-0.2, 0) is 11.2 Å². The number of aliphatic hydroxyl groups is 1. The van der Waals surface area contributed by atoms with E-state index in [2.05, 4.69) is 0 Å². The molecule has 176 valence electrons. The fourth-order valence-electron chi connectivity index (χ4n) is 4.81. The Morgan fingerprint density at radius 3 is 1.66 bits per heavy atom. The van der Waals surface area contributed by atoms with Crippen molar-refractivity contribution in [1.29, 1.82) is 0 Å². The molecule has 3 aromatic carbocycles. The first kappa shape index (κ1) is 22.4. The van der Waals surface area contributed by atoms with Gasteiger partial charge in [0.15, 0.2) is 0 Å². The van der Waals surface area contributed by atoms with Crippen LogP contribution in [-0.4, -0.2) is 57.4 Å². The van der Waals surface area contributed by atoms with E-state index in [4.69, 9.17) is 10.2 Å². The van der Waals surface area contributed by atoms with Crippen LogP contribution in [0, 0.1) is 0 Å². The number of aliphatic carboxylic acids is 1. The Labute approximate surface area is 199 Å². The van der Waals surface area contributed by atoms with Crippen molar-refractivity contribution < 1.29 is 34.2 Å². The first-order valence-electron chi connectivity index (χ1n) is 11.0. The molecule has 0 aromatic heterocycles. The Bertz CT molecular complexity index is 1390. The molecule has 0 radical (unpaired) electrons. The maximum atomic E-state index is 13.4. The lowest BCUT2D eigenvalue weighted by Crippen LogP contribution is -2.47. The normalized spacial score (nSPS) is 15.7. The minimum Gasteiger partial charge on any atom is -0.481 e. The second kappa shape index (κ2) is 8.14. The van der Waals surface area contributed by atoms with Gasteiger partial charge in [0.2, 0.25) is 0 Å². The van der Waals surface area contributed by atoms with E-state index in [-0.39, 0.29) is 39.6 Å². The number of hydrogen-bond acceptors (Lipinski definition) is 6. The largest absolute Gasteiger partial charge is 0.481 e. The van der Waals surface area contributed by atoms with E-state index >= 15 is 0 Å². The third-order valence-electron chi connectivity index (χ3n) is 6.43. The summed E-state index contributed by atoms with van der Waals surface area (Å²) < 4.78 is 0. The van der Waals surface area contributed by atoms with Crippen molar-refractivity contribution in [3.8, 4) is 0 Å². The molecule has 0 aliphatic carbocycles. The number of carboxylic acids is 1. The molecule has 2 aliphatic rings. The summed E-state index contributed by atoms with van der Waals surface area (Å²) in [5, 5.41) is 18.7. The molecule has 0 bridgehead atoms. The number of carboxylic acid groups (broad SMARTS) is 1. The lowest BCUT2D eigenvalue weighted by atomic mass is 9.85. The molecule has 0 saturated heterocycles. The Morgan fingerprint density at radius 2 is 1.23 bits per heavy atom. The van der Waals surface area contributed by atoms with E-state index in [1.165, 1.54) is 31.2 Å². The molecule has 9 nitrogen and oxygen atoms in total. The standard InChI is InChI=1S/C26H20N2O7/c1-13(12-20(30)31)27-23(32)16-6-8-18-22-19(9-7-17(21(16)22)24(27)33)26(35)28(25(18)34)15-4-2-14(3-5-15)10-11-29/h2-9,13,29H,10-12H2,1H3,(H,30,31). The number of aliphatic hydroxyl groups excluding tert-OH is 1. The molecule has 1 atom stereocenters. The van der Waals surface area contributed by atoms with Crippen LogP contribution in [0.4, 0.5) is 5.69 Å². The molecule has 5 rings (SSSR count). The molecule has 1 unspecified atom stereocenters. The summed E-state index contributed by atoms with van der Waals surface area (Å²) in [7, 11) is 0. The van der Waals surface area contributed by atoms with Crippen LogP contribution in [0.3, 0.4) is 0 Å². The summed E-state index contributed by atoms with van der Waals surface area (Å²) in [5.74, 6) is -3.64. The fourth-order valence-corrected chi connectivity index (χ4v) is 4.81. The SMILES string of the molecule is CC(CC(=O)O)N1C(=O)c2ccc3c4c(ccc(c24)C1=O)C(=O)N(c1ccc(CCO)cc1)C3=O. The predicted octanol–water partition coefficient (Wildman–Crippen LogP) is 2.63. The number of imide groups is 2. The first-order valence-corrected chi connectivity index (χ1v) is 11.0. The monoisotopic (exact) mass is 472 g/mol. The summed E-state index contributed by atoms with van der Waals surface area (Å²) in [6, 6.07) is 11.6. The second-order valence-electron chi connectivity index (χ2n) is 8.58. The predicted molar refractivity (Wildman–Crippen MR) is 125 cm³/mol. The van der Waals surface area contributed by atoms with Crippen LogP contribution in [0.15, 0.2) is 48.5 Å². The highest BCUT2D eigenvalue weighted by Gasteiger charge is 2.41. The lowest BCUT2D eigenvalue weighted by molar-refractivity contribution is -0.137. The highest BCUT2D eigenvalue weighted by Crippen LogP contribution is 2.39. The summed E-state index contributed by atoms with van der Waals surface area (Å²) in [6.45, 7) is 1.46. The number of rotatable bonds is 6. The molecule has 4 amide bonds. The van der Waals surface area contributed by atoms with Crippen LogP contribution >= 0.6 is 0 Å². The Morgan fingerprint density at radius 1 is 0.771 bits per heavy atom. The van der Waals surface area contributed by atoms with Gasteiger partial charge in [0.25, 0.3) is 23.6 Å². The van der Waals surface area contributed by atoms with Gasteiger partial charge in [-0.05, 0) is 55.3 Å². The van der Waals surface area contributed by atoms with Gasteiger partial charge in [-0.2, -0.15) is 0 Å². The lowest BCUT2D eigenvalue weighted by Gasteiger charge is -2.34. The quantitative estimate of drug-likeness (QED) is 0.527. The van der Waals surface area contributed by atoms with Gasteiger partial charge in [-0.3, -0.25) is 28.9 Å². The molecule has 0 fully saturated rings. The first-order chi connectivity index (χ1) is 16.7. The van der Waals surface area contributed by atoms with Gasteiger partial charge in [0, 0.05) is 45.7 Å². The molecule has 9 heteroatoms. The number of hydrogen-bond donors (Lipinski definition) is 2. The topological polar surface area (TPSA) is 132 Å². The average molecular weight is 472 g/mol. The van der Waals surface area contributed by atoms with E-state index in [1.54, 1.807) is 24.3 Å². The van der Waals surface area contributed by atoms with Crippen molar-refractivity contribution in [2.45, 2.75) is 25.8 Å². The van der Waals surface area contributed by atoms with E-state index in [0.29, 0.717) is 12.1 Å². The van der Waals surface area contributed by atoms with Gasteiger partial charge in [-0.25, -0.2) is 4.90 Å². The van der Waals surface area contributed by atoms with Gasteiger partial charge in [-0.1, -0.05) is 12.1 Å². The molecule has 2 heterocycles. The molecule has 0 spiro atoms. The zero-order valence-corrected chi connectivity index (χ0v) is 18.6. The molecule has 3 aromatic rings. The van der Waals surface area contributed by atoms with E-state index < -0.39 is 42.1 Å². The number of amides is 4. The van der Waals surface area contributed by atoms with Gasteiger partial charge in [0.1, 0.15) is 0 Å². The summed E-state index contributed by atoms with van der Waals surface area (Å²) in [4.78, 5) is 66.4. The number of nitrogens with zero attached hydrogens (tertiary/aromatic N) is 2. The van der Waals surface area contributed by atoms with Gasteiger partial charge in [0.05, 0.1) is 12.1 Å². The van der Waals surface area contributed by atoms with Crippen molar-refractivity contribution in [3.63, 3.8) is 0 Å². The van der Waals surface area contributed by atoms with Gasteiger partial charge in [-0.15, -0.1) is 0 Å². The van der Waals surface area contributed by atoms with Crippen molar-refractivity contribution in [3.05, 3.63) is 76.3 Å². The maximum Gasteiger partial charge on any atom is 0.305 e. The molecule has 2 aliphatic heterocycles. The molecular weight excluding hydrogens is 452 g/mol. The van der Waals surface area contributed by atoms with Crippen LogP contribution < -0.4 is 4.90 Å². The molecule has 0 saturated carbocycles. The second-order valence-corrected chi connectivity index (χ2v) is 8.58. The molecular formula is C26H20N2O7. The number of carbonyl (C=O) groups is 5. The molecule has 2 N–H and O–H groups in total. The minimum absolute atomic E-state index is 0.0229. The average Bonchev–Trinajstić information content (AvgIpc) is 2.82. The van der Waals surface area contributed by atoms with Crippen LogP contribution in [0.5, 0.6) is 0 Å². The fraction of sp³-hybridized carbons (Fsp3) is 0.192. The maximum absolute atomic E-state index is 13.4. The summed E-state index contributed by atoms with van der Waals surface area (Å²) in [6.07, 6.45) is 0.0369. The Hall–Kier alpha value is -4.37. The van der Waals surface area contributed by atoms with E-state index in [0.717, 1.165) is 15.4 Å². The highest BCUT2D eigenvalue weighted by molar-refractivity contribution is 6.39. The van der Waals surface area contributed by atoms with Crippen LogP contribution in [0.1, 0.15) is 60.3 Å². The molecule has 35 heavy (non-hydrogen) atoms. The van der Waals surface area contributed by atoms with Crippen molar-refractivity contribution >= 4 is 46.1 Å². The van der Waals surface area contributed by atoms with Gasteiger partial charge < -0.3 is 10.2 Å². The van der Waals surface area contributed by atoms with Crippen molar-refractivity contribution in [1.82, 2.24) is 4.90 Å². The van der Waals surface area contributed by atoms with E-state index in [1.807, 2.05) is 0 Å². The third-order valence-corrected chi connectivity index (χ3v) is 6.43. The zero-order valence-electron chi connectivity index (χ0n) is 18.6. The Kier molecular flexibility index (Phi) is 5.21. The summed E-state index contributed by atoms with van der Waals surface area (Å²) >= 11 is 0. The van der Waals surface area contributed by atoms with Crippen LogP contribution in [0.25, 0.3) is 10.8 Å². The third kappa shape index (κ3) is 3.31. The number of carbonyl (C=O) groups excluding carboxylic acids is 4. The van der Waals surface area contributed by atoms with Crippen molar-refractivity contribution in [2.75, 3.05) is 11.5 Å². The summed E-state index contributed by atoms with van der Waals surface area (Å²) in [5.41, 5.74) is 1.87. The zero-order chi connectivity index (χ0) is 25.0. The van der Waals surface area contributed by atoms with Crippen molar-refractivity contribution in [2.24, 2.45) is 0 Å². The Balaban J connectivity index is 1.63. The minimum atomic E-state index is -1.14. The smallest absolute Gasteiger partial charge is 0.305 e.